The minimum Gasteiger partial charge on any atom is -0.480 e. The smallest absolute Gasteiger partial charge is 0.232 e. The van der Waals surface area contributed by atoms with Gasteiger partial charge in [0.2, 0.25) is 5.88 Å². The molecule has 0 fully saturated rings. The number of methoxy groups -OCH3 is 1. The van der Waals surface area contributed by atoms with Gasteiger partial charge in [-0.25, -0.2) is 4.98 Å². The number of hydrogen-bond acceptors (Lipinski definition) is 2. The van der Waals surface area contributed by atoms with Crippen LogP contribution in [0.15, 0.2) is 6.07 Å². The first-order valence-electron chi connectivity index (χ1n) is 3.96. The fourth-order valence-electron chi connectivity index (χ4n) is 1.01. The molecule has 0 aliphatic carbocycles. The molecule has 0 unspecified atom stereocenters. The van der Waals surface area contributed by atoms with Crippen molar-refractivity contribution < 1.29 is 4.74 Å². The van der Waals surface area contributed by atoms with Crippen molar-refractivity contribution in [2.24, 2.45) is 0 Å². The lowest BCUT2D eigenvalue weighted by molar-refractivity contribution is 0.395. The molecule has 0 bridgehead atoms. The van der Waals surface area contributed by atoms with Gasteiger partial charge in [-0.05, 0) is 34.6 Å². The second-order valence-electron chi connectivity index (χ2n) is 3.00. The molecule has 0 spiro atoms. The third-order valence-electron chi connectivity index (χ3n) is 1.66. The maximum atomic E-state index is 5.91. The molecule has 13 heavy (non-hydrogen) atoms. The Balaban J connectivity index is 3.22. The molecule has 0 radical (unpaired) electrons. The summed E-state index contributed by atoms with van der Waals surface area (Å²) in [6.45, 7) is 4.19. The van der Waals surface area contributed by atoms with Crippen molar-refractivity contribution >= 4 is 34.2 Å². The molecule has 0 saturated heterocycles. The molecule has 1 aromatic heterocycles. The van der Waals surface area contributed by atoms with Crippen LogP contribution in [0.4, 0.5) is 0 Å². The first-order valence-corrected chi connectivity index (χ1v) is 5.41. The van der Waals surface area contributed by atoms with Gasteiger partial charge in [0, 0.05) is 3.57 Å². The second-order valence-corrected chi connectivity index (χ2v) is 4.57. The van der Waals surface area contributed by atoms with E-state index in [9.17, 15) is 0 Å². The Morgan fingerprint density at radius 2 is 2.15 bits per heavy atom. The van der Waals surface area contributed by atoms with Crippen molar-refractivity contribution in [3.63, 3.8) is 0 Å². The molecular weight excluding hydrogens is 300 g/mol. The van der Waals surface area contributed by atoms with E-state index in [-0.39, 0.29) is 0 Å². The molecular formula is C9H11ClINO. The monoisotopic (exact) mass is 311 g/mol. The normalized spacial score (nSPS) is 10.6. The van der Waals surface area contributed by atoms with Gasteiger partial charge in [-0.15, -0.1) is 0 Å². The fourth-order valence-corrected chi connectivity index (χ4v) is 2.48. The van der Waals surface area contributed by atoms with E-state index in [1.165, 1.54) is 0 Å². The van der Waals surface area contributed by atoms with Crippen molar-refractivity contribution in [2.45, 2.75) is 19.8 Å². The van der Waals surface area contributed by atoms with Gasteiger partial charge in [0.05, 0.1) is 12.8 Å². The number of aromatic nitrogens is 1. The van der Waals surface area contributed by atoms with Crippen LogP contribution in [-0.2, 0) is 0 Å². The summed E-state index contributed by atoms with van der Waals surface area (Å²) in [7, 11) is 1.57. The lowest BCUT2D eigenvalue weighted by atomic mass is 10.1. The van der Waals surface area contributed by atoms with Crippen LogP contribution in [0.5, 0.6) is 5.88 Å². The van der Waals surface area contributed by atoms with Crippen molar-refractivity contribution in [2.75, 3.05) is 7.11 Å². The van der Waals surface area contributed by atoms with E-state index in [0.29, 0.717) is 16.8 Å². The summed E-state index contributed by atoms with van der Waals surface area (Å²) >= 11 is 8.15. The molecule has 0 saturated carbocycles. The zero-order valence-electron chi connectivity index (χ0n) is 7.77. The van der Waals surface area contributed by atoms with E-state index in [0.717, 1.165) is 9.26 Å². The highest BCUT2D eigenvalue weighted by Crippen LogP contribution is 2.28. The van der Waals surface area contributed by atoms with Crippen LogP contribution in [0.3, 0.4) is 0 Å². The molecule has 0 aliphatic heterocycles. The number of rotatable bonds is 2. The molecule has 1 aromatic rings. The summed E-state index contributed by atoms with van der Waals surface area (Å²) in [5, 5.41) is 0.566. The maximum absolute atomic E-state index is 5.91. The minimum absolute atomic E-state index is 0.387. The summed E-state index contributed by atoms with van der Waals surface area (Å²) in [6.07, 6.45) is 0. The largest absolute Gasteiger partial charge is 0.480 e. The summed E-state index contributed by atoms with van der Waals surface area (Å²) < 4.78 is 6.13. The van der Waals surface area contributed by atoms with Crippen LogP contribution in [0.1, 0.15) is 25.5 Å². The Labute approximate surface area is 96.8 Å². The Hall–Kier alpha value is -0.0300. The van der Waals surface area contributed by atoms with Crippen molar-refractivity contribution in [3.8, 4) is 5.88 Å². The predicted octanol–water partition coefficient (Wildman–Crippen LogP) is 3.47. The highest BCUT2D eigenvalue weighted by atomic mass is 127. The molecule has 0 aliphatic rings. The van der Waals surface area contributed by atoms with Crippen molar-refractivity contribution in [1.29, 1.82) is 0 Å². The highest BCUT2D eigenvalue weighted by Gasteiger charge is 2.11. The molecule has 0 atom stereocenters. The van der Waals surface area contributed by atoms with Crippen LogP contribution in [0.2, 0.25) is 5.02 Å². The van der Waals surface area contributed by atoms with Gasteiger partial charge in [-0.1, -0.05) is 25.4 Å². The summed E-state index contributed by atoms with van der Waals surface area (Å²) in [6, 6.07) is 1.88. The number of hydrogen-bond donors (Lipinski definition) is 0. The van der Waals surface area contributed by atoms with Crippen LogP contribution in [-0.4, -0.2) is 12.1 Å². The SMILES string of the molecule is COc1nc(C(C)C)c(I)cc1Cl. The lowest BCUT2D eigenvalue weighted by Gasteiger charge is -2.10. The van der Waals surface area contributed by atoms with Gasteiger partial charge in [-0.3, -0.25) is 0 Å². The molecule has 0 aromatic carbocycles. The van der Waals surface area contributed by atoms with Crippen LogP contribution >= 0.6 is 34.2 Å². The molecule has 1 heterocycles. The Morgan fingerprint density at radius 3 is 2.62 bits per heavy atom. The van der Waals surface area contributed by atoms with Crippen molar-refractivity contribution in [1.82, 2.24) is 4.98 Å². The van der Waals surface area contributed by atoms with Gasteiger partial charge >= 0.3 is 0 Å². The van der Waals surface area contributed by atoms with E-state index in [1.807, 2.05) is 6.07 Å². The third kappa shape index (κ3) is 2.47. The zero-order chi connectivity index (χ0) is 10.0. The van der Waals surface area contributed by atoms with E-state index in [4.69, 9.17) is 16.3 Å². The van der Waals surface area contributed by atoms with Gasteiger partial charge in [0.1, 0.15) is 5.02 Å². The van der Waals surface area contributed by atoms with Gasteiger partial charge in [-0.2, -0.15) is 0 Å². The summed E-state index contributed by atoms with van der Waals surface area (Å²) in [5.74, 6) is 0.892. The summed E-state index contributed by atoms with van der Waals surface area (Å²) in [5.41, 5.74) is 1.03. The van der Waals surface area contributed by atoms with Crippen LogP contribution in [0.25, 0.3) is 0 Å². The standard InChI is InChI=1S/C9H11ClINO/c1-5(2)8-7(11)4-6(10)9(12-8)13-3/h4-5H,1-3H3. The number of pyridine rings is 1. The lowest BCUT2D eigenvalue weighted by Crippen LogP contribution is -1.99. The molecule has 1 rings (SSSR count). The Bertz CT molecular complexity index is 315. The quantitative estimate of drug-likeness (QED) is 0.780. The van der Waals surface area contributed by atoms with E-state index in [1.54, 1.807) is 7.11 Å². The van der Waals surface area contributed by atoms with Crippen LogP contribution in [0, 0.1) is 3.57 Å². The molecule has 72 valence electrons. The maximum Gasteiger partial charge on any atom is 0.232 e. The third-order valence-corrected chi connectivity index (χ3v) is 2.80. The molecule has 2 nitrogen and oxygen atoms in total. The number of halogens is 2. The van der Waals surface area contributed by atoms with E-state index >= 15 is 0 Å². The van der Waals surface area contributed by atoms with Gasteiger partial charge in [0.15, 0.2) is 0 Å². The number of nitrogens with zero attached hydrogens (tertiary/aromatic N) is 1. The van der Waals surface area contributed by atoms with Crippen molar-refractivity contribution in [3.05, 3.63) is 20.4 Å². The summed E-state index contributed by atoms with van der Waals surface area (Å²) in [4.78, 5) is 4.33. The predicted molar refractivity (Wildman–Crippen MR) is 62.6 cm³/mol. The molecule has 0 N–H and O–H groups in total. The zero-order valence-corrected chi connectivity index (χ0v) is 10.7. The Morgan fingerprint density at radius 1 is 1.54 bits per heavy atom. The average Bonchev–Trinajstić information content (AvgIpc) is 2.03. The minimum atomic E-state index is 0.387. The van der Waals surface area contributed by atoms with E-state index in [2.05, 4.69) is 41.4 Å². The molecule has 0 amide bonds. The van der Waals surface area contributed by atoms with Gasteiger partial charge < -0.3 is 4.74 Å². The highest BCUT2D eigenvalue weighted by molar-refractivity contribution is 14.1. The second kappa shape index (κ2) is 4.46. The topological polar surface area (TPSA) is 22.1 Å². The van der Waals surface area contributed by atoms with E-state index < -0.39 is 0 Å². The number of ether oxygens (including phenoxy) is 1. The Kier molecular flexibility index (Phi) is 3.79. The van der Waals surface area contributed by atoms with Gasteiger partial charge in [0.25, 0.3) is 0 Å². The van der Waals surface area contributed by atoms with Crippen LogP contribution < -0.4 is 4.74 Å². The first kappa shape index (κ1) is 11.0. The molecule has 4 heteroatoms. The average molecular weight is 312 g/mol. The fraction of sp³-hybridized carbons (Fsp3) is 0.444. The first-order chi connectivity index (χ1) is 6.06.